The second kappa shape index (κ2) is 16.5. The third-order valence-corrected chi connectivity index (χ3v) is 5.09. The fourth-order valence-electron chi connectivity index (χ4n) is 3.18. The van der Waals surface area contributed by atoms with Crippen LogP contribution in [0.15, 0.2) is 6.07 Å². The zero-order chi connectivity index (χ0) is 23.8. The van der Waals surface area contributed by atoms with Crippen molar-refractivity contribution < 1.29 is 36.6 Å². The second-order valence-electron chi connectivity index (χ2n) is 7.88. The summed E-state index contributed by atoms with van der Waals surface area (Å²) in [6, 6.07) is 0.437. The van der Waals surface area contributed by atoms with Crippen molar-refractivity contribution in [2.45, 2.75) is 97.0 Å². The summed E-state index contributed by atoms with van der Waals surface area (Å²) >= 11 is 0. The summed E-state index contributed by atoms with van der Waals surface area (Å²) in [7, 11) is 0. The molecule has 0 atom stereocenters. The number of hydrogen-bond donors (Lipinski definition) is 0. The van der Waals surface area contributed by atoms with Gasteiger partial charge in [0.25, 0.3) is 0 Å². The monoisotopic (exact) mass is 462 g/mol. The van der Waals surface area contributed by atoms with Gasteiger partial charge in [-0.25, -0.2) is 17.6 Å². The summed E-state index contributed by atoms with van der Waals surface area (Å²) in [5.41, 5.74) is -0.606. The topological polar surface area (TPSA) is 52.6 Å². The molecule has 0 unspecified atom stereocenters. The van der Waals surface area contributed by atoms with Crippen molar-refractivity contribution in [3.63, 3.8) is 0 Å². The predicted octanol–water partition coefficient (Wildman–Crippen LogP) is 6.92. The maximum atomic E-state index is 13.5. The lowest BCUT2D eigenvalue weighted by Crippen LogP contribution is -2.10. The van der Waals surface area contributed by atoms with Gasteiger partial charge >= 0.3 is 11.9 Å². The van der Waals surface area contributed by atoms with Gasteiger partial charge in [-0.1, -0.05) is 64.7 Å². The number of esters is 2. The molecule has 182 valence electrons. The van der Waals surface area contributed by atoms with E-state index in [4.69, 9.17) is 9.47 Å². The van der Waals surface area contributed by atoms with Gasteiger partial charge in [0.2, 0.25) is 0 Å². The SMILES string of the molecule is CCCCCCCCCCCCOC(=O)CCCC(=O)OCc1cc(F)c(F)c(F)c1F. The van der Waals surface area contributed by atoms with E-state index < -0.39 is 47.4 Å². The van der Waals surface area contributed by atoms with Crippen molar-refractivity contribution in [2.75, 3.05) is 6.61 Å². The third-order valence-electron chi connectivity index (χ3n) is 5.09. The van der Waals surface area contributed by atoms with Gasteiger partial charge in [0.1, 0.15) is 6.61 Å². The van der Waals surface area contributed by atoms with Crippen molar-refractivity contribution in [1.82, 2.24) is 0 Å². The van der Waals surface area contributed by atoms with Gasteiger partial charge < -0.3 is 9.47 Å². The van der Waals surface area contributed by atoms with Crippen LogP contribution in [-0.2, 0) is 25.7 Å². The summed E-state index contributed by atoms with van der Waals surface area (Å²) in [5, 5.41) is 0. The molecular weight excluding hydrogens is 428 g/mol. The number of ether oxygens (including phenoxy) is 2. The maximum Gasteiger partial charge on any atom is 0.306 e. The largest absolute Gasteiger partial charge is 0.466 e. The maximum absolute atomic E-state index is 13.5. The van der Waals surface area contributed by atoms with E-state index in [9.17, 15) is 27.2 Å². The molecule has 0 amide bonds. The Morgan fingerprint density at radius 2 is 1.22 bits per heavy atom. The first-order valence-corrected chi connectivity index (χ1v) is 11.5. The first-order chi connectivity index (χ1) is 15.4. The molecule has 8 heteroatoms. The van der Waals surface area contributed by atoms with Crippen LogP contribution in [0, 0.1) is 23.3 Å². The molecule has 0 bridgehead atoms. The summed E-state index contributed by atoms with van der Waals surface area (Å²) < 4.78 is 62.5. The third kappa shape index (κ3) is 11.5. The van der Waals surface area contributed by atoms with Crippen molar-refractivity contribution in [2.24, 2.45) is 0 Å². The Labute approximate surface area is 187 Å². The Morgan fingerprint density at radius 3 is 1.81 bits per heavy atom. The lowest BCUT2D eigenvalue weighted by molar-refractivity contribution is -0.146. The van der Waals surface area contributed by atoms with Crippen LogP contribution in [0.2, 0.25) is 0 Å². The van der Waals surface area contributed by atoms with E-state index in [1.54, 1.807) is 0 Å². The van der Waals surface area contributed by atoms with Crippen LogP contribution in [-0.4, -0.2) is 18.5 Å². The van der Waals surface area contributed by atoms with E-state index in [0.29, 0.717) is 12.7 Å². The van der Waals surface area contributed by atoms with Crippen LogP contribution in [0.3, 0.4) is 0 Å². The molecule has 0 heterocycles. The minimum atomic E-state index is -1.96. The normalized spacial score (nSPS) is 10.9. The minimum absolute atomic E-state index is 0.0288. The average molecular weight is 463 g/mol. The lowest BCUT2D eigenvalue weighted by atomic mass is 10.1. The van der Waals surface area contributed by atoms with Gasteiger partial charge in [-0.2, -0.15) is 0 Å². The molecule has 1 aromatic rings. The van der Waals surface area contributed by atoms with Crippen LogP contribution in [0.1, 0.15) is 96.0 Å². The number of carbonyl (C=O) groups excluding carboxylic acids is 2. The Bertz CT molecular complexity index is 710. The Hall–Kier alpha value is -2.12. The summed E-state index contributed by atoms with van der Waals surface area (Å²) in [4.78, 5) is 23.3. The van der Waals surface area contributed by atoms with E-state index in [-0.39, 0.29) is 19.3 Å². The number of benzene rings is 1. The van der Waals surface area contributed by atoms with Gasteiger partial charge in [0, 0.05) is 18.4 Å². The molecule has 0 aromatic heterocycles. The quantitative estimate of drug-likeness (QED) is 0.0829. The highest BCUT2D eigenvalue weighted by molar-refractivity contribution is 5.72. The van der Waals surface area contributed by atoms with Crippen LogP contribution < -0.4 is 0 Å². The number of carbonyl (C=O) groups is 2. The molecule has 0 fully saturated rings. The molecule has 1 aromatic carbocycles. The van der Waals surface area contributed by atoms with Crippen LogP contribution in [0.5, 0.6) is 0 Å². The zero-order valence-electron chi connectivity index (χ0n) is 18.8. The molecule has 4 nitrogen and oxygen atoms in total. The molecule has 32 heavy (non-hydrogen) atoms. The highest BCUT2D eigenvalue weighted by atomic mass is 19.2. The Balaban J connectivity index is 2.04. The van der Waals surface area contributed by atoms with E-state index >= 15 is 0 Å². The molecule has 0 aliphatic rings. The van der Waals surface area contributed by atoms with Gasteiger partial charge in [-0.3, -0.25) is 9.59 Å². The zero-order valence-corrected chi connectivity index (χ0v) is 18.8. The van der Waals surface area contributed by atoms with E-state index in [0.717, 1.165) is 19.3 Å². The second-order valence-corrected chi connectivity index (χ2v) is 7.88. The fourth-order valence-corrected chi connectivity index (χ4v) is 3.18. The Kier molecular flexibility index (Phi) is 14.4. The molecule has 0 saturated carbocycles. The predicted molar refractivity (Wildman–Crippen MR) is 113 cm³/mol. The molecule has 0 radical (unpaired) electrons. The number of halogens is 4. The molecule has 0 N–H and O–H groups in total. The van der Waals surface area contributed by atoms with Crippen LogP contribution >= 0.6 is 0 Å². The van der Waals surface area contributed by atoms with Gasteiger partial charge in [-0.15, -0.1) is 0 Å². The fraction of sp³-hybridized carbons (Fsp3) is 0.667. The first kappa shape index (κ1) is 27.9. The van der Waals surface area contributed by atoms with Crippen molar-refractivity contribution in [1.29, 1.82) is 0 Å². The van der Waals surface area contributed by atoms with Crippen LogP contribution in [0.4, 0.5) is 17.6 Å². The van der Waals surface area contributed by atoms with E-state index in [1.165, 1.54) is 44.9 Å². The van der Waals surface area contributed by atoms with Crippen molar-refractivity contribution in [3.8, 4) is 0 Å². The molecule has 0 aliphatic heterocycles. The highest BCUT2D eigenvalue weighted by Crippen LogP contribution is 2.19. The van der Waals surface area contributed by atoms with Crippen molar-refractivity contribution in [3.05, 3.63) is 34.9 Å². The van der Waals surface area contributed by atoms with E-state index in [1.807, 2.05) is 0 Å². The first-order valence-electron chi connectivity index (χ1n) is 11.5. The van der Waals surface area contributed by atoms with E-state index in [2.05, 4.69) is 6.92 Å². The lowest BCUT2D eigenvalue weighted by Gasteiger charge is -2.08. The molecule has 0 aliphatic carbocycles. The Morgan fingerprint density at radius 1 is 0.688 bits per heavy atom. The molecule has 0 saturated heterocycles. The summed E-state index contributed by atoms with van der Waals surface area (Å²) in [6.07, 6.45) is 11.9. The molecule has 1 rings (SSSR count). The van der Waals surface area contributed by atoms with Gasteiger partial charge in [0.05, 0.1) is 6.61 Å². The highest BCUT2D eigenvalue weighted by Gasteiger charge is 2.19. The van der Waals surface area contributed by atoms with Gasteiger partial charge in [0.15, 0.2) is 23.3 Å². The number of rotatable bonds is 17. The average Bonchev–Trinajstić information content (AvgIpc) is 2.77. The van der Waals surface area contributed by atoms with Gasteiger partial charge in [-0.05, 0) is 18.9 Å². The summed E-state index contributed by atoms with van der Waals surface area (Å²) in [6.45, 7) is 1.82. The molecule has 0 spiro atoms. The van der Waals surface area contributed by atoms with Crippen molar-refractivity contribution >= 4 is 11.9 Å². The minimum Gasteiger partial charge on any atom is -0.466 e. The standard InChI is InChI=1S/C24H34F4O4/c1-2-3-4-5-6-7-8-9-10-11-15-31-20(29)13-12-14-21(30)32-17-18-16-19(25)23(27)24(28)22(18)26/h16H,2-15,17H2,1H3. The molecular formula is C24H34F4O4. The summed E-state index contributed by atoms with van der Waals surface area (Å²) in [5.74, 6) is -8.23. The number of hydrogen-bond acceptors (Lipinski definition) is 4. The smallest absolute Gasteiger partial charge is 0.306 e. The van der Waals surface area contributed by atoms with Crippen LogP contribution in [0.25, 0.3) is 0 Å². The number of unbranched alkanes of at least 4 members (excludes halogenated alkanes) is 9.